The van der Waals surface area contributed by atoms with Crippen molar-refractivity contribution in [1.29, 1.82) is 0 Å². The smallest absolute Gasteiger partial charge is 0.00772 e. The van der Waals surface area contributed by atoms with E-state index in [-0.39, 0.29) is 0 Å². The molecule has 0 saturated carbocycles. The van der Waals surface area contributed by atoms with Crippen LogP contribution in [0.15, 0.2) is 0 Å². The van der Waals surface area contributed by atoms with Crippen LogP contribution in [-0.4, -0.2) is 39.3 Å². The molecule has 4 heteroatoms. The van der Waals surface area contributed by atoms with E-state index < -0.39 is 0 Å². The average Bonchev–Trinajstić information content (AvgIpc) is 2.52. The Bertz CT molecular complexity index is 137. The number of hydrogen-bond acceptors (Lipinski definition) is 4. The maximum Gasteiger partial charge on any atom is 0.00772 e. The first-order chi connectivity index (χ1) is 9.91. The zero-order valence-electron chi connectivity index (χ0n) is 13.5. The van der Waals surface area contributed by atoms with E-state index >= 15 is 0 Å². The molecule has 0 unspecified atom stereocenters. The molecule has 0 amide bonds. The highest BCUT2D eigenvalue weighted by atomic mass is 15.0. The summed E-state index contributed by atoms with van der Waals surface area (Å²) in [6.07, 6.45) is 13.4. The Balaban J connectivity index is 0.000000493. The molecule has 4 nitrogen and oxygen atoms in total. The van der Waals surface area contributed by atoms with Crippen molar-refractivity contribution in [3.63, 3.8) is 0 Å². The van der Waals surface area contributed by atoms with Crippen LogP contribution < -0.4 is 22.1 Å². The fourth-order valence-corrected chi connectivity index (χ4v) is 2.31. The summed E-state index contributed by atoms with van der Waals surface area (Å²) in [6.45, 7) is 6.28. The van der Waals surface area contributed by atoms with E-state index in [0.29, 0.717) is 0 Å². The van der Waals surface area contributed by atoms with Crippen molar-refractivity contribution in [2.75, 3.05) is 39.3 Å². The number of hydrogen-bond donors (Lipinski definition) is 4. The second-order valence-electron chi connectivity index (χ2n) is 5.61. The van der Waals surface area contributed by atoms with Crippen LogP contribution in [0.5, 0.6) is 0 Å². The molecule has 0 atom stereocenters. The first-order valence-electron chi connectivity index (χ1n) is 8.73. The van der Waals surface area contributed by atoms with Gasteiger partial charge in [0.1, 0.15) is 0 Å². The highest BCUT2D eigenvalue weighted by Gasteiger charge is 1.92. The Labute approximate surface area is 126 Å². The molecule has 0 aliphatic carbocycles. The summed E-state index contributed by atoms with van der Waals surface area (Å²) >= 11 is 0. The van der Waals surface area contributed by atoms with E-state index in [1.807, 2.05) is 0 Å². The van der Waals surface area contributed by atoms with Gasteiger partial charge in [-0.15, -0.1) is 0 Å². The van der Waals surface area contributed by atoms with Crippen molar-refractivity contribution in [3.8, 4) is 0 Å². The molecule has 1 aliphatic rings. The normalized spacial score (nSPS) is 14.7. The Hall–Kier alpha value is -0.160. The number of nitrogens with two attached hydrogens (primary N) is 2. The molecule has 6 N–H and O–H groups in total. The predicted octanol–water partition coefficient (Wildman–Crippen LogP) is 1.98. The lowest BCUT2D eigenvalue weighted by molar-refractivity contribution is 0.534. The Morgan fingerprint density at radius 2 is 0.700 bits per heavy atom. The van der Waals surface area contributed by atoms with Crippen molar-refractivity contribution >= 4 is 0 Å². The number of rotatable bonds is 11. The van der Waals surface area contributed by atoms with Gasteiger partial charge in [0.15, 0.2) is 0 Å². The van der Waals surface area contributed by atoms with Crippen molar-refractivity contribution in [3.05, 3.63) is 0 Å². The van der Waals surface area contributed by atoms with Crippen LogP contribution in [0.3, 0.4) is 0 Å². The largest absolute Gasteiger partial charge is 0.330 e. The van der Waals surface area contributed by atoms with Gasteiger partial charge in [-0.05, 0) is 25.9 Å². The standard InChI is InChI=1S/C12H28N2.C4H10N2/c13-11-9-7-5-3-1-2-4-6-8-10-12-14;1-2-6-4-3-5-1/h1-14H2;5-6H,1-4H2. The molecule has 0 aromatic rings. The van der Waals surface area contributed by atoms with Crippen molar-refractivity contribution in [2.45, 2.75) is 64.2 Å². The SMILES string of the molecule is C1CNCCN1.NCCCCCCCCCCCCN. The maximum absolute atomic E-state index is 5.43. The van der Waals surface area contributed by atoms with Crippen molar-refractivity contribution < 1.29 is 0 Å². The summed E-state index contributed by atoms with van der Waals surface area (Å²) in [6, 6.07) is 0. The first-order valence-corrected chi connectivity index (χ1v) is 8.73. The molecule has 0 aromatic carbocycles. The molecule has 20 heavy (non-hydrogen) atoms. The van der Waals surface area contributed by atoms with Gasteiger partial charge in [0, 0.05) is 26.2 Å². The van der Waals surface area contributed by atoms with Gasteiger partial charge in [-0.25, -0.2) is 0 Å². The third kappa shape index (κ3) is 17.8. The zero-order valence-corrected chi connectivity index (χ0v) is 13.5. The molecule has 1 heterocycles. The average molecular weight is 287 g/mol. The molecule has 0 spiro atoms. The van der Waals surface area contributed by atoms with Gasteiger partial charge >= 0.3 is 0 Å². The summed E-state index contributed by atoms with van der Waals surface area (Å²) in [5.74, 6) is 0. The van der Waals surface area contributed by atoms with E-state index in [0.717, 1.165) is 39.3 Å². The lowest BCUT2D eigenvalue weighted by Gasteiger charge is -2.11. The Morgan fingerprint density at radius 1 is 0.450 bits per heavy atom. The van der Waals surface area contributed by atoms with E-state index in [9.17, 15) is 0 Å². The Morgan fingerprint density at radius 3 is 0.900 bits per heavy atom. The molecule has 1 aliphatic heterocycles. The molecular formula is C16H38N4. The second-order valence-corrected chi connectivity index (χ2v) is 5.61. The summed E-state index contributed by atoms with van der Waals surface area (Å²) in [5, 5.41) is 6.44. The van der Waals surface area contributed by atoms with Gasteiger partial charge in [0.05, 0.1) is 0 Å². The molecule has 0 aromatic heterocycles. The molecular weight excluding hydrogens is 248 g/mol. The minimum absolute atomic E-state index is 0.860. The van der Waals surface area contributed by atoms with Gasteiger partial charge in [-0.3, -0.25) is 0 Å². The van der Waals surface area contributed by atoms with Crippen LogP contribution in [0, 0.1) is 0 Å². The number of nitrogens with one attached hydrogen (secondary N) is 2. The summed E-state index contributed by atoms with van der Waals surface area (Å²) in [4.78, 5) is 0. The molecule has 1 rings (SSSR count). The summed E-state index contributed by atoms with van der Waals surface area (Å²) < 4.78 is 0. The summed E-state index contributed by atoms with van der Waals surface area (Å²) in [5.41, 5.74) is 10.9. The van der Waals surface area contributed by atoms with E-state index in [1.165, 1.54) is 64.2 Å². The quantitative estimate of drug-likeness (QED) is 0.438. The van der Waals surface area contributed by atoms with Crippen LogP contribution in [0.1, 0.15) is 64.2 Å². The van der Waals surface area contributed by atoms with Gasteiger partial charge in [0.25, 0.3) is 0 Å². The van der Waals surface area contributed by atoms with E-state index in [4.69, 9.17) is 11.5 Å². The number of piperazine rings is 1. The topological polar surface area (TPSA) is 76.1 Å². The van der Waals surface area contributed by atoms with Crippen LogP contribution in [0.2, 0.25) is 0 Å². The molecule has 0 bridgehead atoms. The van der Waals surface area contributed by atoms with Crippen LogP contribution in [0.4, 0.5) is 0 Å². The van der Waals surface area contributed by atoms with Crippen LogP contribution >= 0.6 is 0 Å². The van der Waals surface area contributed by atoms with E-state index in [2.05, 4.69) is 10.6 Å². The lowest BCUT2D eigenvalue weighted by Crippen LogP contribution is -2.39. The third-order valence-corrected chi connectivity index (χ3v) is 3.62. The Kier molecular flexibility index (Phi) is 18.7. The van der Waals surface area contributed by atoms with Gasteiger partial charge < -0.3 is 22.1 Å². The highest BCUT2D eigenvalue weighted by molar-refractivity contribution is 4.59. The molecule has 0 radical (unpaired) electrons. The van der Waals surface area contributed by atoms with Gasteiger partial charge in [-0.2, -0.15) is 0 Å². The molecule has 1 saturated heterocycles. The van der Waals surface area contributed by atoms with E-state index in [1.54, 1.807) is 0 Å². The maximum atomic E-state index is 5.43. The minimum atomic E-state index is 0.860. The van der Waals surface area contributed by atoms with Crippen molar-refractivity contribution in [2.24, 2.45) is 11.5 Å². The second kappa shape index (κ2) is 18.8. The monoisotopic (exact) mass is 286 g/mol. The highest BCUT2D eigenvalue weighted by Crippen LogP contribution is 2.09. The zero-order chi connectivity index (χ0) is 14.7. The van der Waals surface area contributed by atoms with Gasteiger partial charge in [0.2, 0.25) is 0 Å². The summed E-state index contributed by atoms with van der Waals surface area (Å²) in [7, 11) is 0. The molecule has 1 fully saturated rings. The lowest BCUT2D eigenvalue weighted by atomic mass is 10.1. The molecule has 122 valence electrons. The van der Waals surface area contributed by atoms with Crippen LogP contribution in [0.25, 0.3) is 0 Å². The fourth-order valence-electron chi connectivity index (χ4n) is 2.31. The van der Waals surface area contributed by atoms with Gasteiger partial charge in [-0.1, -0.05) is 51.4 Å². The minimum Gasteiger partial charge on any atom is -0.330 e. The first kappa shape index (κ1) is 19.8. The third-order valence-electron chi connectivity index (χ3n) is 3.62. The van der Waals surface area contributed by atoms with Crippen LogP contribution in [-0.2, 0) is 0 Å². The number of unbranched alkanes of at least 4 members (excludes halogenated alkanes) is 9. The van der Waals surface area contributed by atoms with Crippen molar-refractivity contribution in [1.82, 2.24) is 10.6 Å². The fraction of sp³-hybridized carbons (Fsp3) is 1.00. The predicted molar refractivity (Wildman–Crippen MR) is 90.0 cm³/mol.